The molecule has 38 heavy (non-hydrogen) atoms. The molecular weight excluding hydrogens is 486 g/mol. The lowest BCUT2D eigenvalue weighted by atomic mass is 9.99. The van der Waals surface area contributed by atoms with E-state index in [9.17, 15) is 19.5 Å². The molecule has 1 aliphatic rings. The van der Waals surface area contributed by atoms with Crippen LogP contribution in [-0.4, -0.2) is 102 Å². The summed E-state index contributed by atoms with van der Waals surface area (Å²) in [6.07, 6.45) is 2.04. The first-order chi connectivity index (χ1) is 18.1. The van der Waals surface area contributed by atoms with Crippen molar-refractivity contribution in [2.24, 2.45) is 5.92 Å². The average molecular weight is 526 g/mol. The number of hydrogen-bond acceptors (Lipinski definition) is 6. The van der Waals surface area contributed by atoms with Crippen LogP contribution in [-0.2, 0) is 0 Å². The quantitative estimate of drug-likeness (QED) is 0.548. The summed E-state index contributed by atoms with van der Waals surface area (Å²) in [7, 11) is 5.11. The standard InChI is InChI=1S/C28H39N5O5/c1-7-12-29-28(37)32(6)16-24-18(2)15-33(19(3)17-34)27(36)23-13-22(14-30-25(23)38-24)20-8-10-21(11-9-20)26(35)31(4)5/h8-11,13-14,18-19,24,34H,7,12,15-17H2,1-6H3,(H,29,37)/t18-,19-,24-/m1/s1. The molecular formula is C28H39N5O5. The second-order valence-electron chi connectivity index (χ2n) is 10.1. The van der Waals surface area contributed by atoms with Crippen molar-refractivity contribution < 1.29 is 24.2 Å². The molecule has 0 fully saturated rings. The number of ether oxygens (including phenoxy) is 1. The number of pyridine rings is 1. The van der Waals surface area contributed by atoms with Gasteiger partial charge in [-0.15, -0.1) is 0 Å². The van der Waals surface area contributed by atoms with Gasteiger partial charge < -0.3 is 29.9 Å². The molecule has 4 amide bonds. The van der Waals surface area contributed by atoms with Gasteiger partial charge in [0.2, 0.25) is 5.88 Å². The number of amides is 4. The summed E-state index contributed by atoms with van der Waals surface area (Å²) in [5.41, 5.74) is 2.34. The maximum absolute atomic E-state index is 13.7. The van der Waals surface area contributed by atoms with Crippen molar-refractivity contribution >= 4 is 17.8 Å². The van der Waals surface area contributed by atoms with E-state index in [0.29, 0.717) is 30.8 Å². The molecule has 10 heteroatoms. The Morgan fingerprint density at radius 2 is 1.89 bits per heavy atom. The summed E-state index contributed by atoms with van der Waals surface area (Å²) in [6.45, 7) is 6.79. The van der Waals surface area contributed by atoms with Crippen LogP contribution >= 0.6 is 0 Å². The highest BCUT2D eigenvalue weighted by Crippen LogP contribution is 2.30. The Morgan fingerprint density at radius 3 is 2.50 bits per heavy atom. The molecule has 3 atom stereocenters. The molecule has 3 rings (SSSR count). The molecule has 0 radical (unpaired) electrons. The highest BCUT2D eigenvalue weighted by Gasteiger charge is 2.34. The van der Waals surface area contributed by atoms with Gasteiger partial charge in [0.15, 0.2) is 0 Å². The molecule has 206 valence electrons. The number of rotatable bonds is 8. The van der Waals surface area contributed by atoms with Gasteiger partial charge in [-0.25, -0.2) is 9.78 Å². The van der Waals surface area contributed by atoms with Crippen molar-refractivity contribution in [1.82, 2.24) is 25.0 Å². The second-order valence-corrected chi connectivity index (χ2v) is 10.1. The van der Waals surface area contributed by atoms with Gasteiger partial charge in [-0.1, -0.05) is 26.0 Å². The van der Waals surface area contributed by atoms with Gasteiger partial charge in [-0.3, -0.25) is 9.59 Å². The highest BCUT2D eigenvalue weighted by molar-refractivity contribution is 5.98. The van der Waals surface area contributed by atoms with Crippen LogP contribution in [0.15, 0.2) is 36.5 Å². The van der Waals surface area contributed by atoms with E-state index in [4.69, 9.17) is 4.74 Å². The van der Waals surface area contributed by atoms with Gasteiger partial charge in [-0.2, -0.15) is 0 Å². The number of urea groups is 1. The minimum atomic E-state index is -0.428. The molecule has 0 bridgehead atoms. The number of benzene rings is 1. The third-order valence-electron chi connectivity index (χ3n) is 6.72. The Balaban J connectivity index is 1.96. The normalized spacial score (nSPS) is 18.0. The average Bonchev–Trinajstić information content (AvgIpc) is 2.92. The highest BCUT2D eigenvalue weighted by atomic mass is 16.5. The van der Waals surface area contributed by atoms with E-state index >= 15 is 0 Å². The second kappa shape index (κ2) is 12.7. The summed E-state index contributed by atoms with van der Waals surface area (Å²) >= 11 is 0. The van der Waals surface area contributed by atoms with E-state index in [1.165, 1.54) is 4.90 Å². The maximum Gasteiger partial charge on any atom is 0.317 e. The fourth-order valence-corrected chi connectivity index (χ4v) is 4.26. The SMILES string of the molecule is CCCNC(=O)N(C)C[C@H]1Oc2ncc(-c3ccc(C(=O)N(C)C)cc3)cc2C(=O)N([C@H](C)CO)C[C@H]1C. The fraction of sp³-hybridized carbons (Fsp3) is 0.500. The van der Waals surface area contributed by atoms with Gasteiger partial charge in [0.1, 0.15) is 11.7 Å². The summed E-state index contributed by atoms with van der Waals surface area (Å²) in [5, 5.41) is 12.7. The predicted octanol–water partition coefficient (Wildman–Crippen LogP) is 2.72. The van der Waals surface area contributed by atoms with Crippen LogP contribution in [0.5, 0.6) is 5.88 Å². The zero-order chi connectivity index (χ0) is 28.0. The number of hydrogen-bond donors (Lipinski definition) is 2. The van der Waals surface area contributed by atoms with Gasteiger partial charge in [0.05, 0.1) is 19.2 Å². The van der Waals surface area contributed by atoms with E-state index in [-0.39, 0.29) is 41.8 Å². The summed E-state index contributed by atoms with van der Waals surface area (Å²) in [5.74, 6) is -0.328. The number of aliphatic hydroxyl groups is 1. The van der Waals surface area contributed by atoms with Crippen LogP contribution in [0.1, 0.15) is 47.9 Å². The van der Waals surface area contributed by atoms with Gasteiger partial charge >= 0.3 is 6.03 Å². The minimum absolute atomic E-state index is 0.0985. The van der Waals surface area contributed by atoms with Gasteiger partial charge in [0, 0.05) is 57.5 Å². The summed E-state index contributed by atoms with van der Waals surface area (Å²) in [4.78, 5) is 47.6. The molecule has 0 saturated heterocycles. The third-order valence-corrected chi connectivity index (χ3v) is 6.72. The number of likely N-dealkylation sites (N-methyl/N-ethyl adjacent to an activating group) is 1. The first kappa shape index (κ1) is 28.9. The number of fused-ring (bicyclic) bond motifs is 1. The molecule has 0 spiro atoms. The Bertz CT molecular complexity index is 1140. The van der Waals surface area contributed by atoms with Crippen molar-refractivity contribution in [3.63, 3.8) is 0 Å². The number of aromatic nitrogens is 1. The van der Waals surface area contributed by atoms with Gasteiger partial charge in [0.25, 0.3) is 11.8 Å². The van der Waals surface area contributed by atoms with E-state index in [1.54, 1.807) is 62.3 Å². The Kier molecular flexibility index (Phi) is 9.68. The zero-order valence-electron chi connectivity index (χ0n) is 23.1. The smallest absolute Gasteiger partial charge is 0.317 e. The predicted molar refractivity (Wildman–Crippen MR) is 145 cm³/mol. The molecule has 1 aromatic heterocycles. The fourth-order valence-electron chi connectivity index (χ4n) is 4.26. The molecule has 0 aliphatic carbocycles. The number of nitrogens with one attached hydrogen (secondary N) is 1. The van der Waals surface area contributed by atoms with Crippen LogP contribution in [0.25, 0.3) is 11.1 Å². The molecule has 2 N–H and O–H groups in total. The molecule has 0 saturated carbocycles. The summed E-state index contributed by atoms with van der Waals surface area (Å²) < 4.78 is 6.28. The Hall–Kier alpha value is -3.66. The lowest BCUT2D eigenvalue weighted by Gasteiger charge is -2.37. The van der Waals surface area contributed by atoms with Crippen LogP contribution in [0.3, 0.4) is 0 Å². The van der Waals surface area contributed by atoms with Crippen LogP contribution in [0, 0.1) is 5.92 Å². The molecule has 2 heterocycles. The Morgan fingerprint density at radius 1 is 1.21 bits per heavy atom. The lowest BCUT2D eigenvalue weighted by molar-refractivity contribution is 0.0352. The van der Waals surface area contributed by atoms with Crippen molar-refractivity contribution in [1.29, 1.82) is 0 Å². The van der Waals surface area contributed by atoms with Crippen molar-refractivity contribution in [2.45, 2.75) is 39.3 Å². The number of carbonyl (C=O) groups is 3. The van der Waals surface area contributed by atoms with Gasteiger partial charge in [-0.05, 0) is 37.1 Å². The number of carbonyl (C=O) groups excluding carboxylic acids is 3. The summed E-state index contributed by atoms with van der Waals surface area (Å²) in [6, 6.07) is 8.24. The first-order valence-electron chi connectivity index (χ1n) is 13.0. The topological polar surface area (TPSA) is 115 Å². The largest absolute Gasteiger partial charge is 0.472 e. The van der Waals surface area contributed by atoms with E-state index < -0.39 is 12.1 Å². The van der Waals surface area contributed by atoms with E-state index in [1.807, 2.05) is 26.0 Å². The monoisotopic (exact) mass is 525 g/mol. The van der Waals surface area contributed by atoms with Crippen molar-refractivity contribution in [3.05, 3.63) is 47.7 Å². The van der Waals surface area contributed by atoms with Crippen LogP contribution in [0.4, 0.5) is 4.79 Å². The van der Waals surface area contributed by atoms with Crippen molar-refractivity contribution in [3.8, 4) is 17.0 Å². The molecule has 0 unspecified atom stereocenters. The first-order valence-corrected chi connectivity index (χ1v) is 13.0. The van der Waals surface area contributed by atoms with E-state index in [0.717, 1.165) is 12.0 Å². The minimum Gasteiger partial charge on any atom is -0.472 e. The molecule has 1 aromatic carbocycles. The number of aliphatic hydroxyl groups excluding tert-OH is 1. The van der Waals surface area contributed by atoms with Crippen LogP contribution in [0.2, 0.25) is 0 Å². The molecule has 10 nitrogen and oxygen atoms in total. The van der Waals surface area contributed by atoms with Crippen LogP contribution < -0.4 is 10.1 Å². The third kappa shape index (κ3) is 6.61. The maximum atomic E-state index is 13.7. The Labute approximate surface area is 224 Å². The molecule has 2 aromatic rings. The number of nitrogens with zero attached hydrogens (tertiary/aromatic N) is 4. The zero-order valence-corrected chi connectivity index (χ0v) is 23.1. The lowest BCUT2D eigenvalue weighted by Crippen LogP contribution is -2.51. The van der Waals surface area contributed by atoms with Crippen molar-refractivity contribution in [2.75, 3.05) is 47.4 Å². The van der Waals surface area contributed by atoms with E-state index in [2.05, 4.69) is 10.3 Å². The molecule has 1 aliphatic heterocycles.